The number of rotatable bonds is 7. The molecule has 1 amide bonds. The minimum atomic E-state index is -3.59. The van der Waals surface area contributed by atoms with Crippen LogP contribution in [0.4, 0.5) is 5.69 Å². The van der Waals surface area contributed by atoms with E-state index >= 15 is 0 Å². The summed E-state index contributed by atoms with van der Waals surface area (Å²) in [7, 11) is -1.92. The van der Waals surface area contributed by atoms with E-state index in [0.717, 1.165) is 67.1 Å². The number of anilines is 1. The number of hydrogen-bond acceptors (Lipinski definition) is 7. The zero-order valence-corrected chi connectivity index (χ0v) is 20.6. The van der Waals surface area contributed by atoms with E-state index < -0.39 is 15.9 Å². The van der Waals surface area contributed by atoms with Crippen molar-refractivity contribution in [3.05, 3.63) is 77.9 Å². The highest BCUT2D eigenvalue weighted by Crippen LogP contribution is 2.30. The average Bonchev–Trinajstić information content (AvgIpc) is 2.84. The lowest BCUT2D eigenvalue weighted by Gasteiger charge is -2.36. The number of phenolic OH excluding ortho intramolecular Hbond substituents is 1. The Labute approximate surface area is 205 Å². The Morgan fingerprint density at radius 1 is 0.971 bits per heavy atom. The van der Waals surface area contributed by atoms with Gasteiger partial charge in [0, 0.05) is 49.5 Å². The van der Waals surface area contributed by atoms with Gasteiger partial charge in [0.1, 0.15) is 11.5 Å². The Balaban J connectivity index is 1.36. The van der Waals surface area contributed by atoms with Crippen molar-refractivity contribution in [1.29, 1.82) is 0 Å². The number of benzene rings is 3. The van der Waals surface area contributed by atoms with Crippen LogP contribution >= 0.6 is 0 Å². The third-order valence-corrected chi connectivity index (χ3v) is 6.56. The van der Waals surface area contributed by atoms with Crippen molar-refractivity contribution in [2.24, 2.45) is 0 Å². The van der Waals surface area contributed by atoms with Gasteiger partial charge >= 0.3 is 0 Å². The minimum absolute atomic E-state index is 0.232. The SMILES string of the molecule is COc1cc(-c2cccc(O)c2)ccc1CN1CCN(c2ccc(C(=O)NS(C)(=O)=O)cc2)CC1. The zero-order valence-electron chi connectivity index (χ0n) is 19.8. The van der Waals surface area contributed by atoms with Gasteiger partial charge < -0.3 is 14.7 Å². The molecule has 0 saturated carbocycles. The molecule has 0 atom stereocenters. The molecular formula is C26H29N3O5S. The first-order chi connectivity index (χ1) is 16.7. The number of phenols is 1. The molecule has 3 aromatic rings. The predicted molar refractivity (Wildman–Crippen MR) is 136 cm³/mol. The molecule has 2 N–H and O–H groups in total. The molecule has 1 saturated heterocycles. The van der Waals surface area contributed by atoms with E-state index in [-0.39, 0.29) is 5.75 Å². The molecule has 0 aliphatic carbocycles. The molecule has 0 radical (unpaired) electrons. The van der Waals surface area contributed by atoms with Gasteiger partial charge in [0.2, 0.25) is 10.0 Å². The number of aromatic hydroxyl groups is 1. The Kier molecular flexibility index (Phi) is 7.28. The lowest BCUT2D eigenvalue weighted by atomic mass is 10.0. The second-order valence-corrected chi connectivity index (χ2v) is 10.3. The van der Waals surface area contributed by atoms with Gasteiger partial charge in [-0.2, -0.15) is 0 Å². The smallest absolute Gasteiger partial charge is 0.264 e. The largest absolute Gasteiger partial charge is 0.508 e. The van der Waals surface area contributed by atoms with E-state index in [9.17, 15) is 18.3 Å². The molecule has 3 aromatic carbocycles. The summed E-state index contributed by atoms with van der Waals surface area (Å²) in [5.74, 6) is 0.416. The van der Waals surface area contributed by atoms with Gasteiger partial charge in [-0.3, -0.25) is 9.69 Å². The van der Waals surface area contributed by atoms with Gasteiger partial charge in [0.05, 0.1) is 13.4 Å². The maximum Gasteiger partial charge on any atom is 0.264 e. The van der Waals surface area contributed by atoms with Gasteiger partial charge in [0.25, 0.3) is 5.91 Å². The number of hydrogen-bond donors (Lipinski definition) is 2. The molecular weight excluding hydrogens is 466 g/mol. The maximum absolute atomic E-state index is 12.0. The molecule has 184 valence electrons. The maximum atomic E-state index is 12.0. The summed E-state index contributed by atoms with van der Waals surface area (Å²) in [6.07, 6.45) is 0.956. The highest BCUT2D eigenvalue weighted by Gasteiger charge is 2.19. The first-order valence-electron chi connectivity index (χ1n) is 11.3. The number of ether oxygens (including phenoxy) is 1. The molecule has 0 aromatic heterocycles. The van der Waals surface area contributed by atoms with Crippen LogP contribution in [0.5, 0.6) is 11.5 Å². The summed E-state index contributed by atoms with van der Waals surface area (Å²) in [6, 6.07) is 20.3. The van der Waals surface area contributed by atoms with Crippen molar-refractivity contribution in [2.75, 3.05) is 44.4 Å². The van der Waals surface area contributed by atoms with E-state index in [1.165, 1.54) is 0 Å². The lowest BCUT2D eigenvalue weighted by molar-refractivity contribution is 0.0981. The molecule has 0 spiro atoms. The fraction of sp³-hybridized carbons (Fsp3) is 0.269. The standard InChI is InChI=1S/C26H29N3O5S/c1-34-25-17-21(20-4-3-5-24(30)16-20)6-7-22(25)18-28-12-14-29(15-13-28)23-10-8-19(9-11-23)26(31)27-35(2,32)33/h3-11,16-17,30H,12-15,18H2,1-2H3,(H,27,31). The van der Waals surface area contributed by atoms with E-state index in [2.05, 4.69) is 15.9 Å². The molecule has 8 nitrogen and oxygen atoms in total. The highest BCUT2D eigenvalue weighted by molar-refractivity contribution is 7.89. The molecule has 0 bridgehead atoms. The van der Waals surface area contributed by atoms with Crippen LogP contribution in [0.15, 0.2) is 66.7 Å². The van der Waals surface area contributed by atoms with E-state index in [0.29, 0.717) is 5.56 Å². The minimum Gasteiger partial charge on any atom is -0.508 e. The molecule has 1 heterocycles. The van der Waals surface area contributed by atoms with Crippen LogP contribution in [0.2, 0.25) is 0 Å². The Morgan fingerprint density at radius 2 is 1.66 bits per heavy atom. The Hall–Kier alpha value is -3.56. The van der Waals surface area contributed by atoms with Gasteiger partial charge in [-0.05, 0) is 53.6 Å². The van der Waals surface area contributed by atoms with Crippen molar-refractivity contribution < 1.29 is 23.1 Å². The molecule has 1 fully saturated rings. The number of carbonyl (C=O) groups is 1. The topological polar surface area (TPSA) is 99.2 Å². The van der Waals surface area contributed by atoms with Gasteiger partial charge in [0.15, 0.2) is 0 Å². The van der Waals surface area contributed by atoms with Crippen LogP contribution in [-0.4, -0.2) is 63.9 Å². The fourth-order valence-electron chi connectivity index (χ4n) is 4.20. The monoisotopic (exact) mass is 495 g/mol. The summed E-state index contributed by atoms with van der Waals surface area (Å²) in [4.78, 5) is 16.6. The van der Waals surface area contributed by atoms with Crippen molar-refractivity contribution in [3.8, 4) is 22.6 Å². The van der Waals surface area contributed by atoms with Gasteiger partial charge in [-0.15, -0.1) is 0 Å². The fourth-order valence-corrected chi connectivity index (χ4v) is 4.65. The molecule has 9 heteroatoms. The number of piperazine rings is 1. The van der Waals surface area contributed by atoms with Crippen molar-refractivity contribution in [2.45, 2.75) is 6.54 Å². The van der Waals surface area contributed by atoms with Crippen molar-refractivity contribution >= 4 is 21.6 Å². The van der Waals surface area contributed by atoms with Crippen LogP contribution in [0.25, 0.3) is 11.1 Å². The number of nitrogens with zero attached hydrogens (tertiary/aromatic N) is 2. The number of carbonyl (C=O) groups excluding carboxylic acids is 1. The second-order valence-electron chi connectivity index (χ2n) is 8.59. The molecule has 1 aliphatic heterocycles. The van der Waals surface area contributed by atoms with Crippen LogP contribution in [-0.2, 0) is 16.6 Å². The first-order valence-corrected chi connectivity index (χ1v) is 13.2. The van der Waals surface area contributed by atoms with Crippen molar-refractivity contribution in [1.82, 2.24) is 9.62 Å². The zero-order chi connectivity index (χ0) is 25.0. The van der Waals surface area contributed by atoms with Gasteiger partial charge in [-0.25, -0.2) is 13.1 Å². The summed E-state index contributed by atoms with van der Waals surface area (Å²) in [5.41, 5.74) is 4.32. The number of methoxy groups -OCH3 is 1. The van der Waals surface area contributed by atoms with E-state index in [4.69, 9.17) is 4.74 Å². The molecule has 1 aliphatic rings. The van der Waals surface area contributed by atoms with Gasteiger partial charge in [-0.1, -0.05) is 24.3 Å². The van der Waals surface area contributed by atoms with E-state index in [1.54, 1.807) is 31.4 Å². The Morgan fingerprint density at radius 3 is 2.29 bits per heavy atom. The summed E-state index contributed by atoms with van der Waals surface area (Å²) in [6.45, 7) is 4.17. The summed E-state index contributed by atoms with van der Waals surface area (Å²) < 4.78 is 30.2. The quantitative estimate of drug-likeness (QED) is 0.520. The number of sulfonamides is 1. The summed E-state index contributed by atoms with van der Waals surface area (Å²) in [5, 5.41) is 9.77. The van der Waals surface area contributed by atoms with Crippen LogP contribution in [0, 0.1) is 0 Å². The van der Waals surface area contributed by atoms with Crippen molar-refractivity contribution in [3.63, 3.8) is 0 Å². The third-order valence-electron chi connectivity index (χ3n) is 6.01. The lowest BCUT2D eigenvalue weighted by Crippen LogP contribution is -2.46. The van der Waals surface area contributed by atoms with Crippen LogP contribution in [0.1, 0.15) is 15.9 Å². The van der Waals surface area contributed by atoms with Crippen LogP contribution in [0.3, 0.4) is 0 Å². The Bertz CT molecular complexity index is 1300. The molecule has 35 heavy (non-hydrogen) atoms. The molecule has 0 unspecified atom stereocenters. The third kappa shape index (κ3) is 6.32. The summed E-state index contributed by atoms with van der Waals surface area (Å²) >= 11 is 0. The predicted octanol–water partition coefficient (Wildman–Crippen LogP) is 3.08. The normalized spacial score (nSPS) is 14.5. The first kappa shape index (κ1) is 24.6. The second kappa shape index (κ2) is 10.4. The number of nitrogens with one attached hydrogen (secondary N) is 1. The average molecular weight is 496 g/mol. The van der Waals surface area contributed by atoms with Crippen LogP contribution < -0.4 is 14.4 Å². The molecule has 4 rings (SSSR count). The highest BCUT2D eigenvalue weighted by atomic mass is 32.2. The van der Waals surface area contributed by atoms with E-state index in [1.807, 2.05) is 41.1 Å². The number of amides is 1.